The van der Waals surface area contributed by atoms with Gasteiger partial charge < -0.3 is 5.73 Å². The molecule has 0 spiro atoms. The number of aromatic amines is 1. The van der Waals surface area contributed by atoms with Crippen LogP contribution in [0.2, 0.25) is 0 Å². The number of hydrogen-bond acceptors (Lipinski definition) is 5. The summed E-state index contributed by atoms with van der Waals surface area (Å²) in [6.45, 7) is 0.500. The number of nitrogens with two attached hydrogens (primary N) is 1. The van der Waals surface area contributed by atoms with Gasteiger partial charge in [0.25, 0.3) is 0 Å². The lowest BCUT2D eigenvalue weighted by Crippen LogP contribution is -2.01. The standard InChI is InChI=1S/C11H11N7/c12-9-4-2-1-3-8(9)11-15-10(16-17-11)5-18-7-13-6-14-18/h1-4,6-7H,5,12H2,(H,15,16,17). The summed E-state index contributed by atoms with van der Waals surface area (Å²) in [6.07, 6.45) is 3.10. The Morgan fingerprint density at radius 3 is 2.94 bits per heavy atom. The van der Waals surface area contributed by atoms with Crippen molar-refractivity contribution in [3.8, 4) is 11.4 Å². The molecule has 3 aromatic rings. The molecule has 3 N–H and O–H groups in total. The highest BCUT2D eigenvalue weighted by atomic mass is 15.3. The van der Waals surface area contributed by atoms with Crippen molar-refractivity contribution in [3.63, 3.8) is 0 Å². The molecule has 1 aromatic carbocycles. The molecule has 0 saturated carbocycles. The molecule has 0 aliphatic rings. The van der Waals surface area contributed by atoms with E-state index in [2.05, 4.69) is 25.3 Å². The average Bonchev–Trinajstić information content (AvgIpc) is 3.02. The monoisotopic (exact) mass is 241 g/mol. The van der Waals surface area contributed by atoms with E-state index in [0.717, 1.165) is 5.56 Å². The van der Waals surface area contributed by atoms with E-state index in [9.17, 15) is 0 Å². The molecule has 0 radical (unpaired) electrons. The number of anilines is 1. The fraction of sp³-hybridized carbons (Fsp3) is 0.0909. The van der Waals surface area contributed by atoms with E-state index in [1.54, 1.807) is 11.0 Å². The summed E-state index contributed by atoms with van der Waals surface area (Å²) in [5.74, 6) is 1.29. The molecular weight excluding hydrogens is 230 g/mol. The van der Waals surface area contributed by atoms with Gasteiger partial charge in [-0.25, -0.2) is 14.6 Å². The van der Waals surface area contributed by atoms with E-state index in [1.165, 1.54) is 6.33 Å². The van der Waals surface area contributed by atoms with Crippen LogP contribution in [0.3, 0.4) is 0 Å². The minimum absolute atomic E-state index is 0.500. The predicted octanol–water partition coefficient (Wildman–Crippen LogP) is 0.694. The maximum Gasteiger partial charge on any atom is 0.183 e. The zero-order chi connectivity index (χ0) is 12.4. The average molecular weight is 241 g/mol. The lowest BCUT2D eigenvalue weighted by atomic mass is 10.2. The number of para-hydroxylation sites is 1. The van der Waals surface area contributed by atoms with Crippen molar-refractivity contribution >= 4 is 5.69 Å². The second kappa shape index (κ2) is 4.28. The van der Waals surface area contributed by atoms with Crippen LogP contribution >= 0.6 is 0 Å². The lowest BCUT2D eigenvalue weighted by molar-refractivity contribution is 0.656. The van der Waals surface area contributed by atoms with Crippen LogP contribution in [0.25, 0.3) is 11.4 Å². The molecule has 2 aromatic heterocycles. The highest BCUT2D eigenvalue weighted by Gasteiger charge is 2.08. The molecule has 0 amide bonds. The van der Waals surface area contributed by atoms with Crippen LogP contribution in [0, 0.1) is 0 Å². The topological polar surface area (TPSA) is 98.3 Å². The van der Waals surface area contributed by atoms with Crippen molar-refractivity contribution < 1.29 is 0 Å². The van der Waals surface area contributed by atoms with Crippen molar-refractivity contribution in [1.29, 1.82) is 0 Å². The van der Waals surface area contributed by atoms with Crippen LogP contribution in [0.5, 0.6) is 0 Å². The van der Waals surface area contributed by atoms with E-state index in [4.69, 9.17) is 5.73 Å². The van der Waals surface area contributed by atoms with Gasteiger partial charge in [-0.15, -0.1) is 0 Å². The van der Waals surface area contributed by atoms with Crippen LogP contribution in [0.1, 0.15) is 5.82 Å². The van der Waals surface area contributed by atoms with Gasteiger partial charge in [-0.2, -0.15) is 10.2 Å². The Bertz CT molecular complexity index is 641. The van der Waals surface area contributed by atoms with Crippen molar-refractivity contribution in [2.45, 2.75) is 6.54 Å². The summed E-state index contributed by atoms with van der Waals surface area (Å²) >= 11 is 0. The first-order valence-electron chi connectivity index (χ1n) is 5.41. The zero-order valence-corrected chi connectivity index (χ0v) is 9.48. The van der Waals surface area contributed by atoms with Crippen molar-refractivity contribution in [2.75, 3.05) is 5.73 Å². The lowest BCUT2D eigenvalue weighted by Gasteiger charge is -1.99. The molecule has 3 rings (SSSR count). The van der Waals surface area contributed by atoms with Gasteiger partial charge in [-0.3, -0.25) is 5.10 Å². The molecule has 0 bridgehead atoms. The summed E-state index contributed by atoms with van der Waals surface area (Å²) in [4.78, 5) is 8.25. The van der Waals surface area contributed by atoms with Gasteiger partial charge in [0.15, 0.2) is 5.82 Å². The van der Waals surface area contributed by atoms with E-state index < -0.39 is 0 Å². The molecule has 0 unspecified atom stereocenters. The Morgan fingerprint density at radius 2 is 2.17 bits per heavy atom. The Balaban J connectivity index is 1.88. The number of benzene rings is 1. The van der Waals surface area contributed by atoms with Gasteiger partial charge in [0.2, 0.25) is 0 Å². The first-order chi connectivity index (χ1) is 8.83. The minimum atomic E-state index is 0.500. The largest absolute Gasteiger partial charge is 0.398 e. The molecule has 0 saturated heterocycles. The summed E-state index contributed by atoms with van der Waals surface area (Å²) in [7, 11) is 0. The normalized spacial score (nSPS) is 10.7. The van der Waals surface area contributed by atoms with Gasteiger partial charge in [0.05, 0.1) is 0 Å². The molecule has 7 heteroatoms. The highest BCUT2D eigenvalue weighted by Crippen LogP contribution is 2.21. The van der Waals surface area contributed by atoms with Crippen LogP contribution < -0.4 is 5.73 Å². The van der Waals surface area contributed by atoms with E-state index in [1.807, 2.05) is 24.3 Å². The predicted molar refractivity (Wildman–Crippen MR) is 65.4 cm³/mol. The smallest absolute Gasteiger partial charge is 0.183 e. The summed E-state index contributed by atoms with van der Waals surface area (Å²) in [5, 5.41) is 11.0. The van der Waals surface area contributed by atoms with E-state index >= 15 is 0 Å². The van der Waals surface area contributed by atoms with Crippen molar-refractivity contribution in [2.24, 2.45) is 0 Å². The van der Waals surface area contributed by atoms with Crippen molar-refractivity contribution in [3.05, 3.63) is 42.7 Å². The molecule has 90 valence electrons. The number of nitrogens with zero attached hydrogens (tertiary/aromatic N) is 5. The summed E-state index contributed by atoms with van der Waals surface area (Å²) < 4.78 is 1.67. The van der Waals surface area contributed by atoms with Crippen LogP contribution in [-0.2, 0) is 6.54 Å². The number of nitrogen functional groups attached to an aromatic ring is 1. The molecular formula is C11H11N7. The van der Waals surface area contributed by atoms with Gasteiger partial charge in [-0.1, -0.05) is 12.1 Å². The van der Waals surface area contributed by atoms with Crippen LogP contribution in [-0.4, -0.2) is 29.9 Å². The Morgan fingerprint density at radius 1 is 1.28 bits per heavy atom. The molecule has 0 fully saturated rings. The van der Waals surface area contributed by atoms with Gasteiger partial charge in [-0.05, 0) is 12.1 Å². The first-order valence-corrected chi connectivity index (χ1v) is 5.41. The maximum absolute atomic E-state index is 5.88. The Hall–Kier alpha value is -2.70. The van der Waals surface area contributed by atoms with Crippen molar-refractivity contribution in [1.82, 2.24) is 29.9 Å². The summed E-state index contributed by atoms with van der Waals surface area (Å²) in [5.41, 5.74) is 7.35. The third kappa shape index (κ3) is 1.93. The van der Waals surface area contributed by atoms with E-state index in [-0.39, 0.29) is 0 Å². The quantitative estimate of drug-likeness (QED) is 0.657. The highest BCUT2D eigenvalue weighted by molar-refractivity contribution is 5.70. The third-order valence-electron chi connectivity index (χ3n) is 2.51. The number of nitrogens with one attached hydrogen (secondary N) is 1. The minimum Gasteiger partial charge on any atom is -0.398 e. The second-order valence-electron chi connectivity index (χ2n) is 3.79. The Labute approximate surface area is 103 Å². The molecule has 18 heavy (non-hydrogen) atoms. The SMILES string of the molecule is Nc1ccccc1-c1n[nH]c(Cn2cncn2)n1. The van der Waals surface area contributed by atoms with Crippen LogP contribution in [0.4, 0.5) is 5.69 Å². The van der Waals surface area contributed by atoms with Gasteiger partial charge in [0, 0.05) is 11.3 Å². The maximum atomic E-state index is 5.88. The van der Waals surface area contributed by atoms with Gasteiger partial charge >= 0.3 is 0 Å². The zero-order valence-electron chi connectivity index (χ0n) is 9.48. The number of aromatic nitrogens is 6. The fourth-order valence-electron chi connectivity index (χ4n) is 1.65. The summed E-state index contributed by atoms with van der Waals surface area (Å²) in [6, 6.07) is 7.49. The molecule has 2 heterocycles. The van der Waals surface area contributed by atoms with Gasteiger partial charge in [0.1, 0.15) is 25.0 Å². The number of rotatable bonds is 3. The number of hydrogen-bond donors (Lipinski definition) is 2. The molecule has 0 aliphatic carbocycles. The fourth-order valence-corrected chi connectivity index (χ4v) is 1.65. The number of H-pyrrole nitrogens is 1. The first kappa shape index (κ1) is 10.5. The molecule has 0 atom stereocenters. The van der Waals surface area contributed by atoms with Crippen LogP contribution in [0.15, 0.2) is 36.9 Å². The second-order valence-corrected chi connectivity index (χ2v) is 3.79. The molecule has 0 aliphatic heterocycles. The van der Waals surface area contributed by atoms with E-state index in [0.29, 0.717) is 23.9 Å². The molecule has 7 nitrogen and oxygen atoms in total. The third-order valence-corrected chi connectivity index (χ3v) is 2.51. The Kier molecular flexibility index (Phi) is 2.49.